The lowest BCUT2D eigenvalue weighted by Crippen LogP contribution is -2.34. The zero-order valence-corrected chi connectivity index (χ0v) is 18.5. The molecule has 1 amide bonds. The smallest absolute Gasteiger partial charge is 0.304 e. The van der Waals surface area contributed by atoms with Crippen molar-refractivity contribution in [3.05, 3.63) is 83.4 Å². The average molecular weight is 431 g/mol. The standard InChI is InChI=1S/C27H30N2O3/c1-19(24-11-5-7-21-6-2-3-10-25(21)24)28-27(32)23-9-4-8-22(18-23)20-12-15-29(16-13-20)17-14-26(30)31/h2-11,18-20H,12-17H2,1H3,(H,28,32)(H,30,31)/t19-/m1/s1. The van der Waals surface area contributed by atoms with E-state index in [-0.39, 0.29) is 18.4 Å². The summed E-state index contributed by atoms with van der Waals surface area (Å²) >= 11 is 0. The van der Waals surface area contributed by atoms with Crippen LogP contribution >= 0.6 is 0 Å². The summed E-state index contributed by atoms with van der Waals surface area (Å²) in [4.78, 5) is 26.0. The molecule has 5 nitrogen and oxygen atoms in total. The molecule has 1 aliphatic heterocycles. The molecule has 0 bridgehead atoms. The molecule has 1 aliphatic rings. The van der Waals surface area contributed by atoms with E-state index in [4.69, 9.17) is 5.11 Å². The molecule has 0 spiro atoms. The van der Waals surface area contributed by atoms with Gasteiger partial charge in [0.1, 0.15) is 0 Å². The highest BCUT2D eigenvalue weighted by Gasteiger charge is 2.22. The fourth-order valence-corrected chi connectivity index (χ4v) is 4.66. The molecule has 5 heteroatoms. The molecule has 32 heavy (non-hydrogen) atoms. The maximum atomic E-state index is 13.0. The highest BCUT2D eigenvalue weighted by Crippen LogP contribution is 2.29. The first kappa shape index (κ1) is 22.0. The molecule has 2 N–H and O–H groups in total. The second-order valence-corrected chi connectivity index (χ2v) is 8.65. The second-order valence-electron chi connectivity index (χ2n) is 8.65. The quantitative estimate of drug-likeness (QED) is 0.554. The minimum atomic E-state index is -0.747. The molecule has 3 aromatic rings. The van der Waals surface area contributed by atoms with Crippen LogP contribution in [0.3, 0.4) is 0 Å². The zero-order chi connectivity index (χ0) is 22.5. The molecule has 0 aliphatic carbocycles. The van der Waals surface area contributed by atoms with Gasteiger partial charge < -0.3 is 15.3 Å². The first-order valence-electron chi connectivity index (χ1n) is 11.3. The van der Waals surface area contributed by atoms with E-state index in [2.05, 4.69) is 40.5 Å². The summed E-state index contributed by atoms with van der Waals surface area (Å²) in [5.41, 5.74) is 2.98. The zero-order valence-electron chi connectivity index (χ0n) is 18.5. The molecule has 1 saturated heterocycles. The van der Waals surface area contributed by atoms with Crippen molar-refractivity contribution in [1.82, 2.24) is 10.2 Å². The van der Waals surface area contributed by atoms with Crippen LogP contribution in [0.15, 0.2) is 66.7 Å². The van der Waals surface area contributed by atoms with Crippen molar-refractivity contribution in [1.29, 1.82) is 0 Å². The van der Waals surface area contributed by atoms with Crippen LogP contribution in [0.2, 0.25) is 0 Å². The Morgan fingerprint density at radius 3 is 2.53 bits per heavy atom. The first-order valence-corrected chi connectivity index (χ1v) is 11.3. The summed E-state index contributed by atoms with van der Waals surface area (Å²) in [6, 6.07) is 22.3. The third-order valence-electron chi connectivity index (χ3n) is 6.49. The van der Waals surface area contributed by atoms with E-state index in [0.29, 0.717) is 18.0 Å². The third-order valence-corrected chi connectivity index (χ3v) is 6.49. The van der Waals surface area contributed by atoms with Gasteiger partial charge in [-0.05, 0) is 72.8 Å². The highest BCUT2D eigenvalue weighted by molar-refractivity contribution is 5.95. The lowest BCUT2D eigenvalue weighted by atomic mass is 9.88. The molecule has 0 radical (unpaired) electrons. The van der Waals surface area contributed by atoms with E-state index in [1.807, 2.05) is 43.3 Å². The number of nitrogens with one attached hydrogen (secondary N) is 1. The number of piperidine rings is 1. The van der Waals surface area contributed by atoms with Gasteiger partial charge in [0.05, 0.1) is 12.5 Å². The number of carboxylic acids is 1. The van der Waals surface area contributed by atoms with E-state index >= 15 is 0 Å². The van der Waals surface area contributed by atoms with Crippen LogP contribution in [0.25, 0.3) is 10.8 Å². The van der Waals surface area contributed by atoms with Gasteiger partial charge in [-0.1, -0.05) is 54.6 Å². The Hall–Kier alpha value is -3.18. The number of likely N-dealkylation sites (tertiary alicyclic amines) is 1. The molecule has 1 fully saturated rings. The summed E-state index contributed by atoms with van der Waals surface area (Å²) in [5, 5.41) is 14.4. The van der Waals surface area contributed by atoms with Gasteiger partial charge in [0.25, 0.3) is 5.91 Å². The molecular formula is C27H30N2O3. The van der Waals surface area contributed by atoms with Crippen molar-refractivity contribution < 1.29 is 14.7 Å². The van der Waals surface area contributed by atoms with Crippen LogP contribution in [-0.2, 0) is 4.79 Å². The third kappa shape index (κ3) is 5.17. The fourth-order valence-electron chi connectivity index (χ4n) is 4.66. The first-order chi connectivity index (χ1) is 15.5. The average Bonchev–Trinajstić information content (AvgIpc) is 2.82. The highest BCUT2D eigenvalue weighted by atomic mass is 16.4. The molecule has 3 aromatic carbocycles. The monoisotopic (exact) mass is 430 g/mol. The van der Waals surface area contributed by atoms with Crippen molar-refractivity contribution in [3.63, 3.8) is 0 Å². The maximum absolute atomic E-state index is 13.0. The van der Waals surface area contributed by atoms with Gasteiger partial charge in [-0.15, -0.1) is 0 Å². The van der Waals surface area contributed by atoms with Crippen LogP contribution in [0.4, 0.5) is 0 Å². The van der Waals surface area contributed by atoms with Gasteiger partial charge in [-0.25, -0.2) is 0 Å². The van der Waals surface area contributed by atoms with Crippen molar-refractivity contribution in [2.75, 3.05) is 19.6 Å². The van der Waals surface area contributed by atoms with E-state index in [9.17, 15) is 9.59 Å². The van der Waals surface area contributed by atoms with Crippen LogP contribution in [0.5, 0.6) is 0 Å². The van der Waals surface area contributed by atoms with Gasteiger partial charge >= 0.3 is 5.97 Å². The Morgan fingerprint density at radius 1 is 1.03 bits per heavy atom. The number of aliphatic carboxylic acids is 1. The number of carbonyl (C=O) groups excluding carboxylic acids is 1. The van der Waals surface area contributed by atoms with Gasteiger partial charge in [-0.3, -0.25) is 9.59 Å². The minimum absolute atomic E-state index is 0.0637. The lowest BCUT2D eigenvalue weighted by Gasteiger charge is -2.32. The van der Waals surface area contributed by atoms with E-state index in [0.717, 1.165) is 36.9 Å². The molecule has 1 heterocycles. The van der Waals surface area contributed by atoms with Crippen molar-refractivity contribution >= 4 is 22.6 Å². The van der Waals surface area contributed by atoms with E-state index < -0.39 is 5.97 Å². The summed E-state index contributed by atoms with van der Waals surface area (Å²) in [6.07, 6.45) is 2.16. The Kier molecular flexibility index (Phi) is 6.86. The predicted octanol–water partition coefficient (Wildman–Crippen LogP) is 4.98. The van der Waals surface area contributed by atoms with Crippen molar-refractivity contribution in [2.24, 2.45) is 0 Å². The fraction of sp³-hybridized carbons (Fsp3) is 0.333. The number of amides is 1. The number of hydrogen-bond donors (Lipinski definition) is 2. The number of hydrogen-bond acceptors (Lipinski definition) is 3. The van der Waals surface area contributed by atoms with Crippen LogP contribution in [0, 0.1) is 0 Å². The predicted molar refractivity (Wildman–Crippen MR) is 127 cm³/mol. The normalized spacial score (nSPS) is 16.0. The Labute approximate surface area is 189 Å². The molecule has 4 rings (SSSR count). The molecular weight excluding hydrogens is 400 g/mol. The Bertz CT molecular complexity index is 1100. The summed E-state index contributed by atoms with van der Waals surface area (Å²) in [6.45, 7) is 4.42. The largest absolute Gasteiger partial charge is 0.481 e. The topological polar surface area (TPSA) is 69.6 Å². The van der Waals surface area contributed by atoms with Gasteiger partial charge in [0.2, 0.25) is 0 Å². The lowest BCUT2D eigenvalue weighted by molar-refractivity contribution is -0.137. The van der Waals surface area contributed by atoms with Crippen molar-refractivity contribution in [2.45, 2.75) is 38.1 Å². The number of carboxylic acid groups (broad SMARTS) is 1. The van der Waals surface area contributed by atoms with Gasteiger partial charge in [0, 0.05) is 12.1 Å². The number of rotatable bonds is 7. The van der Waals surface area contributed by atoms with Crippen LogP contribution in [-0.4, -0.2) is 41.5 Å². The van der Waals surface area contributed by atoms with Gasteiger partial charge in [0.15, 0.2) is 0 Å². The summed E-state index contributed by atoms with van der Waals surface area (Å²) in [5.74, 6) is -0.408. The molecule has 0 saturated carbocycles. The second kappa shape index (κ2) is 9.96. The van der Waals surface area contributed by atoms with Crippen LogP contribution < -0.4 is 5.32 Å². The number of carbonyl (C=O) groups is 2. The Morgan fingerprint density at radius 2 is 1.75 bits per heavy atom. The molecule has 0 unspecified atom stereocenters. The van der Waals surface area contributed by atoms with Crippen molar-refractivity contribution in [3.8, 4) is 0 Å². The Balaban J connectivity index is 1.41. The van der Waals surface area contributed by atoms with Crippen LogP contribution in [0.1, 0.15) is 59.6 Å². The van der Waals surface area contributed by atoms with E-state index in [1.54, 1.807) is 0 Å². The van der Waals surface area contributed by atoms with E-state index in [1.165, 1.54) is 10.9 Å². The maximum Gasteiger partial charge on any atom is 0.304 e. The summed E-state index contributed by atoms with van der Waals surface area (Å²) < 4.78 is 0. The number of nitrogens with zero attached hydrogens (tertiary/aromatic N) is 1. The molecule has 1 atom stereocenters. The minimum Gasteiger partial charge on any atom is -0.481 e. The number of benzene rings is 3. The molecule has 0 aromatic heterocycles. The summed E-state index contributed by atoms with van der Waals surface area (Å²) in [7, 11) is 0. The van der Waals surface area contributed by atoms with Gasteiger partial charge in [-0.2, -0.15) is 0 Å². The SMILES string of the molecule is C[C@@H](NC(=O)c1cccc(C2CCN(CCC(=O)O)CC2)c1)c1cccc2ccccc12. The molecule has 166 valence electrons. The number of fused-ring (bicyclic) bond motifs is 1.